The standard InChI is InChI=1S/C18H21BrN2O3/c1-18(2,3)21(17(23)24)16-8-7-13(10-15(16)20-11-22)12-5-4-6-14(19)9-12/h4-7,9,15-16H,8,10H2,1-3H3,(H,23,24)/t15-,16-/m0/s1. The van der Waals surface area contributed by atoms with Crippen LogP contribution in [0.5, 0.6) is 0 Å². The van der Waals surface area contributed by atoms with Gasteiger partial charge in [-0.2, -0.15) is 0 Å². The van der Waals surface area contributed by atoms with Crippen molar-refractivity contribution in [2.45, 2.75) is 51.2 Å². The minimum absolute atomic E-state index is 0.375. The maximum atomic E-state index is 11.8. The van der Waals surface area contributed by atoms with E-state index in [1.54, 1.807) is 6.08 Å². The SMILES string of the molecule is CC(C)(C)N(C(=O)O)[C@H]1CC=C(c2cccc(Br)c2)C[C@@H]1N=C=O. The number of aliphatic imine (C=N–C) groups is 1. The molecule has 0 saturated carbocycles. The molecule has 2 rings (SSSR count). The number of rotatable bonds is 3. The quantitative estimate of drug-likeness (QED) is 0.608. The molecule has 0 spiro atoms. The van der Waals surface area contributed by atoms with Crippen molar-refractivity contribution in [1.82, 2.24) is 4.90 Å². The number of carboxylic acid groups (broad SMARTS) is 1. The van der Waals surface area contributed by atoms with Gasteiger partial charge in [0.15, 0.2) is 0 Å². The fourth-order valence-electron chi connectivity index (χ4n) is 3.19. The van der Waals surface area contributed by atoms with Crippen molar-refractivity contribution in [1.29, 1.82) is 0 Å². The van der Waals surface area contributed by atoms with Gasteiger partial charge in [0.2, 0.25) is 6.08 Å². The molecule has 0 aromatic heterocycles. The van der Waals surface area contributed by atoms with Crippen LogP contribution < -0.4 is 0 Å². The van der Waals surface area contributed by atoms with Gasteiger partial charge in [-0.05, 0) is 56.9 Å². The molecule has 5 nitrogen and oxygen atoms in total. The lowest BCUT2D eigenvalue weighted by molar-refractivity contribution is 0.0614. The third kappa shape index (κ3) is 4.13. The van der Waals surface area contributed by atoms with Crippen molar-refractivity contribution in [3.63, 3.8) is 0 Å². The van der Waals surface area contributed by atoms with Crippen LogP contribution in [0, 0.1) is 0 Å². The Kier molecular flexibility index (Phi) is 5.62. The fourth-order valence-corrected chi connectivity index (χ4v) is 3.59. The van der Waals surface area contributed by atoms with Crippen LogP contribution in [0.15, 0.2) is 39.8 Å². The van der Waals surface area contributed by atoms with E-state index in [4.69, 9.17) is 0 Å². The molecule has 1 aromatic carbocycles. The summed E-state index contributed by atoms with van der Waals surface area (Å²) in [6.45, 7) is 5.53. The summed E-state index contributed by atoms with van der Waals surface area (Å²) >= 11 is 3.46. The summed E-state index contributed by atoms with van der Waals surface area (Å²) in [5.41, 5.74) is 1.54. The van der Waals surface area contributed by atoms with Gasteiger partial charge in [0.05, 0.1) is 12.1 Å². The topological polar surface area (TPSA) is 70.0 Å². The minimum Gasteiger partial charge on any atom is -0.465 e. The molecule has 0 radical (unpaired) electrons. The van der Waals surface area contributed by atoms with Crippen LogP contribution in [-0.4, -0.2) is 39.8 Å². The van der Waals surface area contributed by atoms with Crippen molar-refractivity contribution < 1.29 is 14.7 Å². The third-order valence-corrected chi connectivity index (χ3v) is 4.65. The van der Waals surface area contributed by atoms with Crippen LogP contribution in [0.2, 0.25) is 0 Å². The maximum Gasteiger partial charge on any atom is 0.408 e. The number of nitrogens with zero attached hydrogens (tertiary/aromatic N) is 2. The fraction of sp³-hybridized carbons (Fsp3) is 0.444. The first-order valence-corrected chi connectivity index (χ1v) is 8.57. The van der Waals surface area contributed by atoms with E-state index in [1.807, 2.05) is 51.1 Å². The van der Waals surface area contributed by atoms with Crippen LogP contribution in [0.1, 0.15) is 39.2 Å². The highest BCUT2D eigenvalue weighted by Crippen LogP contribution is 2.34. The van der Waals surface area contributed by atoms with E-state index in [9.17, 15) is 14.7 Å². The van der Waals surface area contributed by atoms with Crippen molar-refractivity contribution in [2.75, 3.05) is 0 Å². The maximum absolute atomic E-state index is 11.8. The second-order valence-electron chi connectivity index (χ2n) is 6.86. The van der Waals surface area contributed by atoms with E-state index in [0.717, 1.165) is 15.6 Å². The van der Waals surface area contributed by atoms with Gasteiger partial charge in [-0.15, -0.1) is 0 Å². The molecule has 6 heteroatoms. The highest BCUT2D eigenvalue weighted by molar-refractivity contribution is 9.10. The summed E-state index contributed by atoms with van der Waals surface area (Å²) < 4.78 is 0.973. The first kappa shape index (κ1) is 18.4. The molecule has 0 bridgehead atoms. The van der Waals surface area contributed by atoms with Crippen LogP contribution in [0.4, 0.5) is 4.79 Å². The number of halogens is 1. The molecule has 1 aliphatic carbocycles. The summed E-state index contributed by atoms with van der Waals surface area (Å²) in [6.07, 6.45) is 3.68. The minimum atomic E-state index is -1.00. The smallest absolute Gasteiger partial charge is 0.408 e. The van der Waals surface area contributed by atoms with Crippen LogP contribution >= 0.6 is 15.9 Å². The number of hydrogen-bond acceptors (Lipinski definition) is 3. The zero-order valence-electron chi connectivity index (χ0n) is 14.0. The molecule has 0 fully saturated rings. The Morgan fingerprint density at radius 1 is 1.42 bits per heavy atom. The van der Waals surface area contributed by atoms with Gasteiger partial charge in [-0.1, -0.05) is 34.1 Å². The molecule has 0 heterocycles. The molecule has 1 N–H and O–H groups in total. The van der Waals surface area contributed by atoms with E-state index in [2.05, 4.69) is 20.9 Å². The Morgan fingerprint density at radius 2 is 2.12 bits per heavy atom. The molecular formula is C18H21BrN2O3. The summed E-state index contributed by atoms with van der Waals surface area (Å²) in [5, 5.41) is 9.63. The van der Waals surface area contributed by atoms with Crippen molar-refractivity contribution in [2.24, 2.45) is 4.99 Å². The van der Waals surface area contributed by atoms with E-state index in [-0.39, 0.29) is 6.04 Å². The first-order chi connectivity index (χ1) is 11.2. The van der Waals surface area contributed by atoms with Crippen molar-refractivity contribution >= 4 is 33.7 Å². The monoisotopic (exact) mass is 392 g/mol. The van der Waals surface area contributed by atoms with Gasteiger partial charge >= 0.3 is 6.09 Å². The second kappa shape index (κ2) is 7.32. The van der Waals surface area contributed by atoms with E-state index in [1.165, 1.54) is 4.90 Å². The number of carbonyl (C=O) groups excluding carboxylic acids is 1. The number of benzene rings is 1. The van der Waals surface area contributed by atoms with Gasteiger partial charge in [-0.25, -0.2) is 14.6 Å². The zero-order chi connectivity index (χ0) is 17.9. The van der Waals surface area contributed by atoms with Gasteiger partial charge in [0.25, 0.3) is 0 Å². The van der Waals surface area contributed by atoms with Crippen molar-refractivity contribution in [3.05, 3.63) is 40.4 Å². The molecule has 0 unspecified atom stereocenters. The summed E-state index contributed by atoms with van der Waals surface area (Å²) in [7, 11) is 0. The normalized spacial score (nSPS) is 20.8. The lowest BCUT2D eigenvalue weighted by Crippen LogP contribution is -2.55. The number of isocyanates is 1. The highest BCUT2D eigenvalue weighted by Gasteiger charge is 2.39. The molecule has 0 saturated heterocycles. The van der Waals surface area contributed by atoms with Gasteiger partial charge in [-0.3, -0.25) is 4.90 Å². The Hall–Kier alpha value is -1.91. The van der Waals surface area contributed by atoms with E-state index >= 15 is 0 Å². The summed E-state index contributed by atoms with van der Waals surface area (Å²) in [6, 6.07) is 7.09. The molecule has 1 aromatic rings. The molecule has 128 valence electrons. The third-order valence-electron chi connectivity index (χ3n) is 4.15. The van der Waals surface area contributed by atoms with Crippen LogP contribution in [0.25, 0.3) is 5.57 Å². The van der Waals surface area contributed by atoms with Gasteiger partial charge in [0, 0.05) is 10.0 Å². The molecule has 0 aliphatic heterocycles. The molecule has 1 aliphatic rings. The predicted molar refractivity (Wildman–Crippen MR) is 96.7 cm³/mol. The van der Waals surface area contributed by atoms with Crippen LogP contribution in [-0.2, 0) is 4.79 Å². The molecule has 2 atom stereocenters. The average Bonchev–Trinajstić information content (AvgIpc) is 2.47. The largest absolute Gasteiger partial charge is 0.465 e. The number of hydrogen-bond donors (Lipinski definition) is 1. The highest BCUT2D eigenvalue weighted by atomic mass is 79.9. The Morgan fingerprint density at radius 3 is 2.67 bits per heavy atom. The van der Waals surface area contributed by atoms with E-state index < -0.39 is 17.7 Å². The molecular weight excluding hydrogens is 372 g/mol. The number of carbonyl (C=O) groups is 1. The van der Waals surface area contributed by atoms with Gasteiger partial charge < -0.3 is 5.11 Å². The Bertz CT molecular complexity index is 702. The molecule has 1 amide bonds. The lowest BCUT2D eigenvalue weighted by Gasteiger charge is -2.43. The average molecular weight is 393 g/mol. The summed E-state index contributed by atoms with van der Waals surface area (Å²) in [4.78, 5) is 27.9. The summed E-state index contributed by atoms with van der Waals surface area (Å²) in [5.74, 6) is 0. The molecule has 24 heavy (non-hydrogen) atoms. The first-order valence-electron chi connectivity index (χ1n) is 7.78. The zero-order valence-corrected chi connectivity index (χ0v) is 15.6. The Balaban J connectivity index is 2.38. The predicted octanol–water partition coefficient (Wildman–Crippen LogP) is 4.48. The number of amides is 1. The van der Waals surface area contributed by atoms with Crippen LogP contribution in [0.3, 0.4) is 0 Å². The lowest BCUT2D eigenvalue weighted by atomic mass is 9.84. The van der Waals surface area contributed by atoms with Crippen molar-refractivity contribution in [3.8, 4) is 0 Å². The van der Waals surface area contributed by atoms with E-state index in [0.29, 0.717) is 12.8 Å². The Labute approximate surface area is 150 Å². The van der Waals surface area contributed by atoms with Gasteiger partial charge in [0.1, 0.15) is 0 Å². The second-order valence-corrected chi connectivity index (χ2v) is 7.77.